The minimum absolute atomic E-state index is 0.0360. The monoisotopic (exact) mass is 355 g/mol. The molecule has 0 saturated carbocycles. The summed E-state index contributed by atoms with van der Waals surface area (Å²) in [6, 6.07) is 12.7. The minimum Gasteiger partial charge on any atom is -0.545 e. The molecule has 2 aromatic carbocycles. The summed E-state index contributed by atoms with van der Waals surface area (Å²) in [5.74, 6) is -1.48. The molecule has 126 valence electrons. The fourth-order valence-electron chi connectivity index (χ4n) is 2.39. The third-order valence-corrected chi connectivity index (χ3v) is 3.90. The number of aromatic carboxylic acids is 1. The van der Waals surface area contributed by atoms with Crippen LogP contribution in [0.1, 0.15) is 26.5 Å². The van der Waals surface area contributed by atoms with Crippen LogP contribution >= 0.6 is 11.6 Å². The van der Waals surface area contributed by atoms with Crippen LogP contribution in [-0.2, 0) is 0 Å². The van der Waals surface area contributed by atoms with Gasteiger partial charge < -0.3 is 19.7 Å². The van der Waals surface area contributed by atoms with E-state index in [9.17, 15) is 14.7 Å². The molecule has 6 nitrogen and oxygen atoms in total. The highest BCUT2D eigenvalue weighted by Crippen LogP contribution is 2.31. The lowest BCUT2D eigenvalue weighted by atomic mass is 10.1. The molecular formula is C18H12ClN2O4-. The number of hydrogen-bond acceptors (Lipinski definition) is 5. The van der Waals surface area contributed by atoms with Crippen LogP contribution in [0, 0.1) is 6.92 Å². The molecule has 0 aliphatic heterocycles. The topological polar surface area (TPSA) is 95.3 Å². The van der Waals surface area contributed by atoms with Crippen LogP contribution in [0.4, 0.5) is 5.69 Å². The maximum Gasteiger partial charge on any atom is 0.261 e. The van der Waals surface area contributed by atoms with Crippen LogP contribution < -0.4 is 10.4 Å². The second-order valence-corrected chi connectivity index (χ2v) is 5.67. The van der Waals surface area contributed by atoms with E-state index in [1.165, 1.54) is 18.2 Å². The summed E-state index contributed by atoms with van der Waals surface area (Å²) in [7, 11) is 0. The summed E-state index contributed by atoms with van der Waals surface area (Å²) in [5.41, 5.74) is 1.39. The third-order valence-electron chi connectivity index (χ3n) is 3.57. The lowest BCUT2D eigenvalue weighted by Crippen LogP contribution is -2.22. The predicted molar refractivity (Wildman–Crippen MR) is 90.4 cm³/mol. The summed E-state index contributed by atoms with van der Waals surface area (Å²) in [4.78, 5) is 23.6. The van der Waals surface area contributed by atoms with Crippen molar-refractivity contribution in [2.75, 3.05) is 5.32 Å². The van der Waals surface area contributed by atoms with Gasteiger partial charge in [0.1, 0.15) is 17.0 Å². The Hall–Kier alpha value is -3.12. The van der Waals surface area contributed by atoms with Gasteiger partial charge in [0.05, 0.1) is 11.0 Å². The van der Waals surface area contributed by atoms with Crippen molar-refractivity contribution in [2.24, 2.45) is 0 Å². The van der Waals surface area contributed by atoms with Crippen LogP contribution in [0.25, 0.3) is 11.3 Å². The maximum absolute atomic E-state index is 12.7. The molecule has 0 spiro atoms. The smallest absolute Gasteiger partial charge is 0.261 e. The molecule has 0 fully saturated rings. The summed E-state index contributed by atoms with van der Waals surface area (Å²) >= 11 is 6.17. The molecule has 0 aliphatic rings. The van der Waals surface area contributed by atoms with Crippen molar-refractivity contribution >= 4 is 29.2 Å². The van der Waals surface area contributed by atoms with Gasteiger partial charge in [-0.2, -0.15) is 0 Å². The molecular weight excluding hydrogens is 344 g/mol. The summed E-state index contributed by atoms with van der Waals surface area (Å²) in [6.07, 6.45) is 0. The third kappa shape index (κ3) is 3.39. The first kappa shape index (κ1) is 16.7. The highest BCUT2D eigenvalue weighted by Gasteiger charge is 2.23. The number of anilines is 1. The Morgan fingerprint density at radius 3 is 2.64 bits per heavy atom. The van der Waals surface area contributed by atoms with E-state index in [0.29, 0.717) is 27.7 Å². The van der Waals surface area contributed by atoms with Crippen molar-refractivity contribution < 1.29 is 19.2 Å². The van der Waals surface area contributed by atoms with Crippen LogP contribution in [0.3, 0.4) is 0 Å². The highest BCUT2D eigenvalue weighted by molar-refractivity contribution is 6.33. The lowest BCUT2D eigenvalue weighted by Gasteiger charge is -2.09. The summed E-state index contributed by atoms with van der Waals surface area (Å²) in [6.45, 7) is 1.61. The van der Waals surface area contributed by atoms with Gasteiger partial charge in [-0.3, -0.25) is 4.79 Å². The number of carbonyl (C=O) groups is 2. The van der Waals surface area contributed by atoms with Crippen LogP contribution in [0.5, 0.6) is 0 Å². The van der Waals surface area contributed by atoms with E-state index < -0.39 is 11.9 Å². The normalized spacial score (nSPS) is 10.5. The number of amides is 1. The van der Waals surface area contributed by atoms with E-state index in [1.54, 1.807) is 37.3 Å². The van der Waals surface area contributed by atoms with Crippen molar-refractivity contribution in [3.05, 3.63) is 70.4 Å². The molecule has 0 aliphatic carbocycles. The Morgan fingerprint density at radius 2 is 1.92 bits per heavy atom. The van der Waals surface area contributed by atoms with Gasteiger partial charge in [-0.15, -0.1) is 0 Å². The molecule has 3 rings (SSSR count). The molecule has 1 N–H and O–H groups in total. The number of carboxylic acids is 1. The molecule has 1 amide bonds. The largest absolute Gasteiger partial charge is 0.545 e. The van der Waals surface area contributed by atoms with Gasteiger partial charge in [-0.25, -0.2) is 0 Å². The van der Waals surface area contributed by atoms with Crippen molar-refractivity contribution in [3.8, 4) is 11.3 Å². The minimum atomic E-state index is -1.32. The zero-order valence-corrected chi connectivity index (χ0v) is 13.8. The van der Waals surface area contributed by atoms with E-state index >= 15 is 0 Å². The molecule has 25 heavy (non-hydrogen) atoms. The lowest BCUT2D eigenvalue weighted by molar-refractivity contribution is -0.255. The van der Waals surface area contributed by atoms with E-state index in [2.05, 4.69) is 10.5 Å². The fourth-order valence-corrected chi connectivity index (χ4v) is 2.62. The number of nitrogens with one attached hydrogen (secondary N) is 1. The number of aryl methyl sites for hydroxylation is 1. The molecule has 0 atom stereocenters. The number of hydrogen-bond donors (Lipinski definition) is 1. The highest BCUT2D eigenvalue weighted by atomic mass is 35.5. The van der Waals surface area contributed by atoms with Crippen molar-refractivity contribution in [1.29, 1.82) is 0 Å². The molecule has 1 aromatic heterocycles. The average Bonchev–Trinajstić information content (AvgIpc) is 2.97. The standard InChI is InChI=1S/C18H13ClN2O4/c1-10-15(16(21-25-10)13-7-2-3-8-14(13)19)17(22)20-12-6-4-5-11(9-12)18(23)24/h2-9H,1H3,(H,20,22)(H,23,24)/p-1. The number of rotatable bonds is 4. The average molecular weight is 356 g/mol. The SMILES string of the molecule is Cc1onc(-c2ccccc2Cl)c1C(=O)Nc1cccc(C(=O)[O-])c1. The first-order chi connectivity index (χ1) is 12.0. The molecule has 0 saturated heterocycles. The number of halogens is 1. The maximum atomic E-state index is 12.7. The van der Waals surface area contributed by atoms with E-state index in [4.69, 9.17) is 16.1 Å². The molecule has 7 heteroatoms. The number of benzene rings is 2. The Kier molecular flexibility index (Phi) is 4.54. The number of nitrogens with zero attached hydrogens (tertiary/aromatic N) is 1. The summed E-state index contributed by atoms with van der Waals surface area (Å²) in [5, 5.41) is 17.9. The Morgan fingerprint density at radius 1 is 1.16 bits per heavy atom. The van der Waals surface area contributed by atoms with Gasteiger partial charge >= 0.3 is 0 Å². The van der Waals surface area contributed by atoms with Crippen molar-refractivity contribution in [2.45, 2.75) is 6.92 Å². The molecule has 0 radical (unpaired) electrons. The second-order valence-electron chi connectivity index (χ2n) is 5.26. The molecule has 0 bridgehead atoms. The molecule has 1 heterocycles. The first-order valence-corrected chi connectivity index (χ1v) is 7.69. The van der Waals surface area contributed by atoms with Gasteiger partial charge in [0.25, 0.3) is 5.91 Å². The Labute approximate surface area is 148 Å². The quantitative estimate of drug-likeness (QED) is 0.776. The zero-order chi connectivity index (χ0) is 18.0. The van der Waals surface area contributed by atoms with Gasteiger partial charge in [0.15, 0.2) is 0 Å². The summed E-state index contributed by atoms with van der Waals surface area (Å²) < 4.78 is 5.15. The van der Waals surface area contributed by atoms with E-state index in [1.807, 2.05) is 0 Å². The number of aromatic nitrogens is 1. The van der Waals surface area contributed by atoms with E-state index in [-0.39, 0.29) is 11.1 Å². The Bertz CT molecular complexity index is 965. The Balaban J connectivity index is 1.96. The number of carboxylic acid groups (broad SMARTS) is 1. The zero-order valence-electron chi connectivity index (χ0n) is 13.1. The van der Waals surface area contributed by atoms with Gasteiger partial charge in [-0.05, 0) is 30.7 Å². The van der Waals surface area contributed by atoms with Gasteiger partial charge in [-0.1, -0.05) is 47.1 Å². The van der Waals surface area contributed by atoms with Crippen LogP contribution in [-0.4, -0.2) is 17.0 Å². The predicted octanol–water partition coefficient (Wildman–Crippen LogP) is 2.92. The van der Waals surface area contributed by atoms with E-state index in [0.717, 1.165) is 0 Å². The molecule has 3 aromatic rings. The van der Waals surface area contributed by atoms with Crippen molar-refractivity contribution in [3.63, 3.8) is 0 Å². The molecule has 0 unspecified atom stereocenters. The van der Waals surface area contributed by atoms with Gasteiger partial charge in [0, 0.05) is 11.3 Å². The van der Waals surface area contributed by atoms with Crippen LogP contribution in [0.15, 0.2) is 53.1 Å². The van der Waals surface area contributed by atoms with Crippen molar-refractivity contribution in [1.82, 2.24) is 5.16 Å². The van der Waals surface area contributed by atoms with Crippen LogP contribution in [0.2, 0.25) is 5.02 Å². The first-order valence-electron chi connectivity index (χ1n) is 7.31. The van der Waals surface area contributed by atoms with Gasteiger partial charge in [0.2, 0.25) is 0 Å². The number of carbonyl (C=O) groups excluding carboxylic acids is 2. The fraction of sp³-hybridized carbons (Fsp3) is 0.0556. The second kappa shape index (κ2) is 6.78.